The Morgan fingerprint density at radius 1 is 1.41 bits per heavy atom. The minimum atomic E-state index is -0.261. The second-order valence-corrected chi connectivity index (χ2v) is 6.66. The summed E-state index contributed by atoms with van der Waals surface area (Å²) >= 11 is 1.28. The summed E-state index contributed by atoms with van der Waals surface area (Å²) in [5.74, 6) is 0.442. The molecule has 1 aliphatic carbocycles. The normalized spacial score (nSPS) is 16.6. The van der Waals surface area contributed by atoms with Gasteiger partial charge in [0.25, 0.3) is 5.22 Å². The van der Waals surface area contributed by atoms with Gasteiger partial charge in [-0.2, -0.15) is 0 Å². The van der Waals surface area contributed by atoms with Crippen molar-refractivity contribution in [2.45, 2.75) is 49.1 Å². The fourth-order valence-corrected chi connectivity index (χ4v) is 3.15. The standard InChI is InChI=1S/C15H18N4O2S/c1-10(13(20)17-12-6-2-3-7-12)22-15-19-18-14(21-15)11-5-4-8-16-9-11/h4-5,8-10,12H,2-3,6-7H2,1H3,(H,17,20)/t10-/m0/s1. The molecule has 1 aliphatic rings. The zero-order valence-electron chi connectivity index (χ0n) is 12.4. The number of hydrogen-bond acceptors (Lipinski definition) is 6. The highest BCUT2D eigenvalue weighted by Crippen LogP contribution is 2.26. The third-order valence-electron chi connectivity index (χ3n) is 3.66. The Kier molecular flexibility index (Phi) is 4.72. The van der Waals surface area contributed by atoms with Crippen LogP contribution in [0, 0.1) is 0 Å². The molecule has 2 aromatic heterocycles. The smallest absolute Gasteiger partial charge is 0.277 e. The zero-order chi connectivity index (χ0) is 15.4. The molecule has 2 aromatic rings. The highest BCUT2D eigenvalue weighted by molar-refractivity contribution is 8.00. The molecule has 0 aliphatic heterocycles. The van der Waals surface area contributed by atoms with Crippen LogP contribution in [0.1, 0.15) is 32.6 Å². The quantitative estimate of drug-likeness (QED) is 0.854. The zero-order valence-corrected chi connectivity index (χ0v) is 13.2. The molecular formula is C15H18N4O2S. The molecule has 22 heavy (non-hydrogen) atoms. The first kappa shape index (κ1) is 15.0. The molecular weight excluding hydrogens is 300 g/mol. The van der Waals surface area contributed by atoms with Crippen LogP contribution < -0.4 is 5.32 Å². The molecule has 1 atom stereocenters. The van der Waals surface area contributed by atoms with Crippen LogP contribution in [0.15, 0.2) is 34.2 Å². The Morgan fingerprint density at radius 2 is 2.23 bits per heavy atom. The summed E-state index contributed by atoms with van der Waals surface area (Å²) < 4.78 is 5.58. The van der Waals surface area contributed by atoms with E-state index in [1.165, 1.54) is 24.6 Å². The Labute approximate surface area is 133 Å². The molecule has 7 heteroatoms. The van der Waals surface area contributed by atoms with Gasteiger partial charge in [0.05, 0.1) is 10.8 Å². The SMILES string of the molecule is C[C@H](Sc1nnc(-c2cccnc2)o1)C(=O)NC1CCCC1. The van der Waals surface area contributed by atoms with Gasteiger partial charge in [0.1, 0.15) is 0 Å². The van der Waals surface area contributed by atoms with E-state index >= 15 is 0 Å². The number of thioether (sulfide) groups is 1. The molecule has 0 radical (unpaired) electrons. The predicted octanol–water partition coefficient (Wildman–Crippen LogP) is 2.67. The summed E-state index contributed by atoms with van der Waals surface area (Å²) in [7, 11) is 0. The van der Waals surface area contributed by atoms with Gasteiger partial charge in [-0.15, -0.1) is 10.2 Å². The van der Waals surface area contributed by atoms with Gasteiger partial charge in [-0.05, 0) is 31.9 Å². The first-order valence-corrected chi connectivity index (χ1v) is 8.31. The van der Waals surface area contributed by atoms with Gasteiger partial charge in [-0.1, -0.05) is 24.6 Å². The number of nitrogens with zero attached hydrogens (tertiary/aromatic N) is 3. The number of rotatable bonds is 5. The molecule has 6 nitrogen and oxygen atoms in total. The highest BCUT2D eigenvalue weighted by atomic mass is 32.2. The summed E-state index contributed by atoms with van der Waals surface area (Å²) in [5.41, 5.74) is 0.768. The van der Waals surface area contributed by atoms with E-state index < -0.39 is 0 Å². The minimum absolute atomic E-state index is 0.0260. The number of hydrogen-bond donors (Lipinski definition) is 1. The summed E-state index contributed by atoms with van der Waals surface area (Å²) in [4.78, 5) is 16.2. The molecule has 1 saturated carbocycles. The van der Waals surface area contributed by atoms with Gasteiger partial charge < -0.3 is 9.73 Å². The third kappa shape index (κ3) is 3.65. The maximum Gasteiger partial charge on any atom is 0.277 e. The molecule has 0 saturated heterocycles. The van der Waals surface area contributed by atoms with E-state index in [2.05, 4.69) is 20.5 Å². The van der Waals surface area contributed by atoms with Crippen LogP contribution in [-0.2, 0) is 4.79 Å². The maximum absolute atomic E-state index is 12.1. The number of aromatic nitrogens is 3. The van der Waals surface area contributed by atoms with Gasteiger partial charge in [0, 0.05) is 18.4 Å². The number of amides is 1. The lowest BCUT2D eigenvalue weighted by atomic mass is 10.2. The van der Waals surface area contributed by atoms with E-state index in [-0.39, 0.29) is 11.2 Å². The minimum Gasteiger partial charge on any atom is -0.411 e. The van der Waals surface area contributed by atoms with Crippen molar-refractivity contribution in [2.75, 3.05) is 0 Å². The Morgan fingerprint density at radius 3 is 2.95 bits per heavy atom. The van der Waals surface area contributed by atoms with Crippen LogP contribution >= 0.6 is 11.8 Å². The second-order valence-electron chi connectivity index (χ2n) is 5.36. The third-order valence-corrected chi connectivity index (χ3v) is 4.60. The fourth-order valence-electron chi connectivity index (χ4n) is 2.46. The van der Waals surface area contributed by atoms with Gasteiger partial charge in [-0.3, -0.25) is 9.78 Å². The monoisotopic (exact) mass is 318 g/mol. The molecule has 2 heterocycles. The average molecular weight is 318 g/mol. The van der Waals surface area contributed by atoms with Gasteiger partial charge in [0.15, 0.2) is 0 Å². The lowest BCUT2D eigenvalue weighted by molar-refractivity contribution is -0.120. The first-order chi connectivity index (χ1) is 10.7. The van der Waals surface area contributed by atoms with Crippen LogP contribution in [0.5, 0.6) is 0 Å². The molecule has 0 aromatic carbocycles. The van der Waals surface area contributed by atoms with Crippen LogP contribution in [0.4, 0.5) is 0 Å². The Hall–Kier alpha value is -1.89. The molecule has 1 fully saturated rings. The summed E-state index contributed by atoms with van der Waals surface area (Å²) in [5, 5.41) is 11.2. The van der Waals surface area contributed by atoms with E-state index in [4.69, 9.17) is 4.42 Å². The van der Waals surface area contributed by atoms with Crippen molar-refractivity contribution in [3.05, 3.63) is 24.5 Å². The van der Waals surface area contributed by atoms with Gasteiger partial charge in [0.2, 0.25) is 11.8 Å². The van der Waals surface area contributed by atoms with Crippen molar-refractivity contribution in [3.63, 3.8) is 0 Å². The largest absolute Gasteiger partial charge is 0.411 e. The molecule has 0 bridgehead atoms. The molecule has 116 valence electrons. The lowest BCUT2D eigenvalue weighted by Gasteiger charge is -2.14. The van der Waals surface area contributed by atoms with E-state index in [9.17, 15) is 4.79 Å². The summed E-state index contributed by atoms with van der Waals surface area (Å²) in [6.07, 6.45) is 7.90. The maximum atomic E-state index is 12.1. The van der Waals surface area contributed by atoms with Crippen LogP contribution in [0.2, 0.25) is 0 Å². The molecule has 3 rings (SSSR count). The first-order valence-electron chi connectivity index (χ1n) is 7.43. The van der Waals surface area contributed by atoms with E-state index in [0.29, 0.717) is 17.2 Å². The van der Waals surface area contributed by atoms with Crippen molar-refractivity contribution in [1.29, 1.82) is 0 Å². The van der Waals surface area contributed by atoms with Crippen LogP contribution in [0.3, 0.4) is 0 Å². The Bertz CT molecular complexity index is 625. The fraction of sp³-hybridized carbons (Fsp3) is 0.467. The topological polar surface area (TPSA) is 80.9 Å². The highest BCUT2D eigenvalue weighted by Gasteiger charge is 2.23. The van der Waals surface area contributed by atoms with E-state index in [0.717, 1.165) is 18.4 Å². The summed E-state index contributed by atoms with van der Waals surface area (Å²) in [6.45, 7) is 1.85. The Balaban J connectivity index is 1.58. The van der Waals surface area contributed by atoms with E-state index in [1.807, 2.05) is 19.1 Å². The van der Waals surface area contributed by atoms with Crippen LogP contribution in [-0.4, -0.2) is 32.4 Å². The number of carbonyl (C=O) groups is 1. The van der Waals surface area contributed by atoms with Gasteiger partial charge in [-0.25, -0.2) is 0 Å². The van der Waals surface area contributed by atoms with Crippen molar-refractivity contribution in [3.8, 4) is 11.5 Å². The van der Waals surface area contributed by atoms with Crippen molar-refractivity contribution in [1.82, 2.24) is 20.5 Å². The van der Waals surface area contributed by atoms with Crippen LogP contribution in [0.25, 0.3) is 11.5 Å². The van der Waals surface area contributed by atoms with E-state index in [1.54, 1.807) is 12.4 Å². The predicted molar refractivity (Wildman–Crippen MR) is 83.2 cm³/mol. The number of pyridine rings is 1. The number of carbonyl (C=O) groups excluding carboxylic acids is 1. The lowest BCUT2D eigenvalue weighted by Crippen LogP contribution is -2.37. The average Bonchev–Trinajstić information content (AvgIpc) is 3.20. The second kappa shape index (κ2) is 6.91. The van der Waals surface area contributed by atoms with Crippen molar-refractivity contribution < 1.29 is 9.21 Å². The van der Waals surface area contributed by atoms with Crippen molar-refractivity contribution >= 4 is 17.7 Å². The molecule has 1 N–H and O–H groups in total. The number of nitrogens with one attached hydrogen (secondary N) is 1. The summed E-state index contributed by atoms with van der Waals surface area (Å²) in [6, 6.07) is 3.99. The van der Waals surface area contributed by atoms with Gasteiger partial charge >= 0.3 is 0 Å². The molecule has 1 amide bonds. The molecule has 0 unspecified atom stereocenters. The van der Waals surface area contributed by atoms with Crippen molar-refractivity contribution in [2.24, 2.45) is 0 Å². The molecule has 0 spiro atoms.